The highest BCUT2D eigenvalue weighted by Crippen LogP contribution is 2.15. The van der Waals surface area contributed by atoms with Crippen LogP contribution in [0.4, 0.5) is 4.79 Å². The predicted molar refractivity (Wildman–Crippen MR) is 92.0 cm³/mol. The van der Waals surface area contributed by atoms with Gasteiger partial charge in [0.25, 0.3) is 0 Å². The summed E-state index contributed by atoms with van der Waals surface area (Å²) in [6.07, 6.45) is 2.18. The Bertz CT molecular complexity index is 542. The molecule has 1 N–H and O–H groups in total. The molecule has 0 aromatic carbocycles. The molecule has 0 saturated carbocycles. The van der Waals surface area contributed by atoms with E-state index in [1.165, 1.54) is 0 Å². The molecule has 0 spiro atoms. The second kappa shape index (κ2) is 9.03. The van der Waals surface area contributed by atoms with E-state index in [0.717, 1.165) is 42.9 Å². The number of ether oxygens (including phenoxy) is 2. The van der Waals surface area contributed by atoms with Crippen LogP contribution in [0.5, 0.6) is 0 Å². The van der Waals surface area contributed by atoms with Crippen LogP contribution < -0.4 is 5.32 Å². The molecule has 1 aliphatic rings. The molecule has 0 bridgehead atoms. The first kappa shape index (κ1) is 18.7. The number of aryl methyl sites for hydroxylation is 1. The molecule has 1 saturated heterocycles. The first-order valence-corrected chi connectivity index (χ1v) is 8.73. The second-order valence-corrected chi connectivity index (χ2v) is 6.19. The van der Waals surface area contributed by atoms with Crippen LogP contribution in [-0.4, -0.2) is 60.2 Å². The van der Waals surface area contributed by atoms with Gasteiger partial charge in [0.15, 0.2) is 0 Å². The van der Waals surface area contributed by atoms with Gasteiger partial charge in [-0.3, -0.25) is 4.68 Å². The number of methoxy groups -OCH3 is 1. The number of amides is 2. The quantitative estimate of drug-likeness (QED) is 0.824. The fraction of sp³-hybridized carbons (Fsp3) is 0.765. The summed E-state index contributed by atoms with van der Waals surface area (Å²) in [7, 11) is 1.68. The lowest BCUT2D eigenvalue weighted by Gasteiger charge is -2.32. The van der Waals surface area contributed by atoms with Gasteiger partial charge in [0, 0.05) is 44.6 Å². The maximum atomic E-state index is 12.4. The summed E-state index contributed by atoms with van der Waals surface area (Å²) in [5, 5.41) is 7.56. The van der Waals surface area contributed by atoms with Crippen molar-refractivity contribution < 1.29 is 14.3 Å². The number of carbonyl (C=O) groups excluding carboxylic acids is 1. The van der Waals surface area contributed by atoms with Gasteiger partial charge in [-0.15, -0.1) is 0 Å². The molecule has 1 aromatic rings. The Kier molecular flexibility index (Phi) is 7.05. The van der Waals surface area contributed by atoms with Crippen LogP contribution in [0.1, 0.15) is 36.7 Å². The molecule has 136 valence electrons. The summed E-state index contributed by atoms with van der Waals surface area (Å²) in [6.45, 7) is 10.0. The number of carbonyl (C=O) groups is 1. The van der Waals surface area contributed by atoms with E-state index < -0.39 is 0 Å². The van der Waals surface area contributed by atoms with Gasteiger partial charge in [0.05, 0.1) is 24.9 Å². The SMILES string of the molecule is CCOC1CCCN(C(=O)NCc2c(C)nn(CCOC)c2C)C1. The number of hydrogen-bond acceptors (Lipinski definition) is 4. The monoisotopic (exact) mass is 338 g/mol. The number of aromatic nitrogens is 2. The molecular weight excluding hydrogens is 308 g/mol. The zero-order valence-electron chi connectivity index (χ0n) is 15.3. The molecular formula is C17H30N4O3. The van der Waals surface area contributed by atoms with E-state index in [1.807, 2.05) is 30.4 Å². The fourth-order valence-corrected chi connectivity index (χ4v) is 3.16. The van der Waals surface area contributed by atoms with Gasteiger partial charge >= 0.3 is 6.03 Å². The number of likely N-dealkylation sites (tertiary alicyclic amines) is 1. The molecule has 1 aromatic heterocycles. The molecule has 2 rings (SSSR count). The third-order valence-electron chi connectivity index (χ3n) is 4.52. The van der Waals surface area contributed by atoms with Crippen LogP contribution in [0.3, 0.4) is 0 Å². The number of nitrogens with zero attached hydrogens (tertiary/aromatic N) is 3. The summed E-state index contributed by atoms with van der Waals surface area (Å²) in [4.78, 5) is 14.3. The van der Waals surface area contributed by atoms with E-state index in [-0.39, 0.29) is 12.1 Å². The highest BCUT2D eigenvalue weighted by molar-refractivity contribution is 5.74. The molecule has 24 heavy (non-hydrogen) atoms. The molecule has 7 heteroatoms. The van der Waals surface area contributed by atoms with E-state index in [9.17, 15) is 4.79 Å². The Morgan fingerprint density at radius 3 is 2.92 bits per heavy atom. The van der Waals surface area contributed by atoms with Gasteiger partial charge in [0.2, 0.25) is 0 Å². The van der Waals surface area contributed by atoms with Crippen LogP contribution in [-0.2, 0) is 22.6 Å². The molecule has 7 nitrogen and oxygen atoms in total. The Labute approximate surface area is 144 Å². The molecule has 1 unspecified atom stereocenters. The predicted octanol–water partition coefficient (Wildman–Crippen LogP) is 1.86. The highest BCUT2D eigenvalue weighted by Gasteiger charge is 2.24. The van der Waals surface area contributed by atoms with Crippen molar-refractivity contribution in [1.29, 1.82) is 0 Å². The normalized spacial score (nSPS) is 18.0. The van der Waals surface area contributed by atoms with Gasteiger partial charge < -0.3 is 19.7 Å². The number of rotatable bonds is 7. The minimum Gasteiger partial charge on any atom is -0.383 e. The first-order chi connectivity index (χ1) is 11.6. The zero-order chi connectivity index (χ0) is 17.5. The lowest BCUT2D eigenvalue weighted by molar-refractivity contribution is 0.0164. The molecule has 0 aliphatic carbocycles. The largest absolute Gasteiger partial charge is 0.383 e. The number of hydrogen-bond donors (Lipinski definition) is 1. The van der Waals surface area contributed by atoms with Gasteiger partial charge in [-0.05, 0) is 33.6 Å². The molecule has 1 aliphatic heterocycles. The Hall–Kier alpha value is -1.60. The maximum Gasteiger partial charge on any atom is 0.317 e. The van der Waals surface area contributed by atoms with Crippen LogP contribution in [0.25, 0.3) is 0 Å². The van der Waals surface area contributed by atoms with Crippen LogP contribution in [0.15, 0.2) is 0 Å². The van der Waals surface area contributed by atoms with Crippen LogP contribution in [0, 0.1) is 13.8 Å². The van der Waals surface area contributed by atoms with E-state index in [0.29, 0.717) is 26.3 Å². The highest BCUT2D eigenvalue weighted by atomic mass is 16.5. The summed E-state index contributed by atoms with van der Waals surface area (Å²) in [6, 6.07) is -0.0251. The van der Waals surface area contributed by atoms with Crippen molar-refractivity contribution in [2.45, 2.75) is 52.8 Å². The van der Waals surface area contributed by atoms with Crippen molar-refractivity contribution in [3.8, 4) is 0 Å². The molecule has 2 heterocycles. The average Bonchev–Trinajstić information content (AvgIpc) is 2.85. The first-order valence-electron chi connectivity index (χ1n) is 8.73. The van der Waals surface area contributed by atoms with Crippen molar-refractivity contribution >= 4 is 6.03 Å². The molecule has 0 radical (unpaired) electrons. The average molecular weight is 338 g/mol. The van der Waals surface area contributed by atoms with Gasteiger partial charge in [-0.2, -0.15) is 5.10 Å². The molecule has 1 atom stereocenters. The summed E-state index contributed by atoms with van der Waals surface area (Å²) in [5.41, 5.74) is 3.11. The minimum absolute atomic E-state index is 0.0251. The summed E-state index contributed by atoms with van der Waals surface area (Å²) < 4.78 is 12.7. The maximum absolute atomic E-state index is 12.4. The standard InChI is InChI=1S/C17H30N4O3/c1-5-24-15-7-6-8-20(12-15)17(22)18-11-16-13(2)19-21(14(16)3)9-10-23-4/h15H,5-12H2,1-4H3,(H,18,22). The summed E-state index contributed by atoms with van der Waals surface area (Å²) >= 11 is 0. The van der Waals surface area contributed by atoms with Crippen molar-refractivity contribution in [2.24, 2.45) is 0 Å². The van der Waals surface area contributed by atoms with Crippen molar-refractivity contribution in [3.63, 3.8) is 0 Å². The van der Waals surface area contributed by atoms with Crippen molar-refractivity contribution in [2.75, 3.05) is 33.4 Å². The smallest absolute Gasteiger partial charge is 0.317 e. The number of piperidine rings is 1. The lowest BCUT2D eigenvalue weighted by Crippen LogP contribution is -2.47. The minimum atomic E-state index is -0.0251. The third kappa shape index (κ3) is 4.70. The Morgan fingerprint density at radius 1 is 1.42 bits per heavy atom. The molecule has 2 amide bonds. The van der Waals surface area contributed by atoms with Crippen LogP contribution in [0.2, 0.25) is 0 Å². The van der Waals surface area contributed by atoms with Gasteiger partial charge in [-0.1, -0.05) is 0 Å². The lowest BCUT2D eigenvalue weighted by atomic mass is 10.1. The Morgan fingerprint density at radius 2 is 2.21 bits per heavy atom. The van der Waals surface area contributed by atoms with Crippen molar-refractivity contribution in [3.05, 3.63) is 17.0 Å². The van der Waals surface area contributed by atoms with E-state index in [4.69, 9.17) is 9.47 Å². The zero-order valence-corrected chi connectivity index (χ0v) is 15.3. The third-order valence-corrected chi connectivity index (χ3v) is 4.52. The second-order valence-electron chi connectivity index (χ2n) is 6.19. The van der Waals surface area contributed by atoms with Crippen molar-refractivity contribution in [1.82, 2.24) is 20.0 Å². The number of nitrogens with one attached hydrogen (secondary N) is 1. The number of urea groups is 1. The van der Waals surface area contributed by atoms with Gasteiger partial charge in [-0.25, -0.2) is 4.79 Å². The molecule has 1 fully saturated rings. The van der Waals surface area contributed by atoms with Crippen LogP contribution >= 0.6 is 0 Å². The topological polar surface area (TPSA) is 68.6 Å². The Balaban J connectivity index is 1.90. The van der Waals surface area contributed by atoms with E-state index in [1.54, 1.807) is 7.11 Å². The van der Waals surface area contributed by atoms with E-state index in [2.05, 4.69) is 10.4 Å². The van der Waals surface area contributed by atoms with E-state index >= 15 is 0 Å². The summed E-state index contributed by atoms with van der Waals surface area (Å²) in [5.74, 6) is 0. The fourth-order valence-electron chi connectivity index (χ4n) is 3.16. The van der Waals surface area contributed by atoms with Gasteiger partial charge in [0.1, 0.15) is 0 Å².